The number of esters is 1. The van der Waals surface area contributed by atoms with E-state index in [-0.39, 0.29) is 41.6 Å². The van der Waals surface area contributed by atoms with E-state index in [1.165, 1.54) is 4.31 Å². The molecule has 1 saturated heterocycles. The molecule has 168 valence electrons. The quantitative estimate of drug-likeness (QED) is 0.396. The van der Waals surface area contributed by atoms with Crippen molar-refractivity contribution in [2.24, 2.45) is 5.92 Å². The molecule has 0 spiro atoms. The largest absolute Gasteiger partial charge is 0.497 e. The first-order valence-electron chi connectivity index (χ1n) is 10.2. The summed E-state index contributed by atoms with van der Waals surface area (Å²) in [6.07, 6.45) is 0.822. The van der Waals surface area contributed by atoms with E-state index in [9.17, 15) is 13.2 Å². The van der Waals surface area contributed by atoms with Crippen molar-refractivity contribution in [3.63, 3.8) is 0 Å². The number of carbonyl (C=O) groups is 1. The van der Waals surface area contributed by atoms with Gasteiger partial charge in [-0.15, -0.1) is 0 Å². The van der Waals surface area contributed by atoms with Crippen LogP contribution in [-0.2, 0) is 26.2 Å². The predicted octanol–water partition coefficient (Wildman–Crippen LogP) is 4.04. The van der Waals surface area contributed by atoms with E-state index in [2.05, 4.69) is 4.98 Å². The zero-order valence-electron chi connectivity index (χ0n) is 17.5. The van der Waals surface area contributed by atoms with Crippen LogP contribution in [0.3, 0.4) is 0 Å². The summed E-state index contributed by atoms with van der Waals surface area (Å²) in [7, 11) is -1.97. The summed E-state index contributed by atoms with van der Waals surface area (Å²) in [4.78, 5) is 17.2. The molecule has 0 bridgehead atoms. The number of hydrogen-bond donors (Lipinski definition) is 0. The number of carbonyl (C=O) groups excluding carboxylic acids is 1. The molecule has 4 rings (SSSR count). The lowest BCUT2D eigenvalue weighted by atomic mass is 9.98. The molecule has 1 aliphatic heterocycles. The van der Waals surface area contributed by atoms with E-state index in [4.69, 9.17) is 21.1 Å². The van der Waals surface area contributed by atoms with E-state index in [1.807, 2.05) is 18.2 Å². The van der Waals surface area contributed by atoms with Gasteiger partial charge in [-0.2, -0.15) is 4.31 Å². The number of methoxy groups -OCH3 is 1. The number of rotatable bonds is 6. The summed E-state index contributed by atoms with van der Waals surface area (Å²) in [5, 5.41) is 1.13. The molecule has 0 amide bonds. The number of nitrogens with zero attached hydrogens (tertiary/aromatic N) is 2. The van der Waals surface area contributed by atoms with Crippen LogP contribution in [0.4, 0.5) is 0 Å². The van der Waals surface area contributed by atoms with Crippen molar-refractivity contribution in [3.05, 3.63) is 65.3 Å². The molecular weight excluding hydrogens is 452 g/mol. The molecule has 2 heterocycles. The average Bonchev–Trinajstić information content (AvgIpc) is 2.82. The summed E-state index contributed by atoms with van der Waals surface area (Å²) in [6, 6.07) is 15.6. The Morgan fingerprint density at radius 1 is 1.12 bits per heavy atom. The number of hydrogen-bond acceptors (Lipinski definition) is 6. The van der Waals surface area contributed by atoms with Crippen molar-refractivity contribution >= 4 is 38.5 Å². The monoisotopic (exact) mass is 474 g/mol. The van der Waals surface area contributed by atoms with Crippen molar-refractivity contribution in [2.75, 3.05) is 20.2 Å². The Bertz CT molecular complexity index is 1230. The summed E-state index contributed by atoms with van der Waals surface area (Å²) < 4.78 is 37.6. The van der Waals surface area contributed by atoms with E-state index >= 15 is 0 Å². The zero-order valence-corrected chi connectivity index (χ0v) is 19.1. The van der Waals surface area contributed by atoms with Gasteiger partial charge in [0.1, 0.15) is 17.5 Å². The van der Waals surface area contributed by atoms with Gasteiger partial charge in [0.2, 0.25) is 10.0 Å². The second kappa shape index (κ2) is 9.44. The molecule has 0 unspecified atom stereocenters. The summed E-state index contributed by atoms with van der Waals surface area (Å²) in [5.74, 6) is -0.0257. The second-order valence-corrected chi connectivity index (χ2v) is 9.89. The molecule has 2 aromatic carbocycles. The highest BCUT2D eigenvalue weighted by molar-refractivity contribution is 7.89. The minimum atomic E-state index is -3.55. The lowest BCUT2D eigenvalue weighted by molar-refractivity contribution is -0.151. The number of ether oxygens (including phenoxy) is 2. The smallest absolute Gasteiger partial charge is 0.309 e. The third-order valence-electron chi connectivity index (χ3n) is 5.59. The van der Waals surface area contributed by atoms with Crippen LogP contribution in [0.2, 0.25) is 5.15 Å². The zero-order chi connectivity index (χ0) is 22.7. The minimum absolute atomic E-state index is 0.00909. The molecule has 3 aromatic rings. The Balaban J connectivity index is 1.36. The number of sulfonamides is 1. The Morgan fingerprint density at radius 2 is 1.84 bits per heavy atom. The Morgan fingerprint density at radius 3 is 2.53 bits per heavy atom. The van der Waals surface area contributed by atoms with Crippen LogP contribution < -0.4 is 4.74 Å². The Hall–Kier alpha value is -2.68. The van der Waals surface area contributed by atoms with E-state index in [0.29, 0.717) is 29.7 Å². The molecule has 9 heteroatoms. The first-order chi connectivity index (χ1) is 15.4. The summed E-state index contributed by atoms with van der Waals surface area (Å²) in [6.45, 7) is 0.559. The van der Waals surface area contributed by atoms with Crippen LogP contribution in [-0.4, -0.2) is 43.9 Å². The van der Waals surface area contributed by atoms with Gasteiger partial charge in [0.25, 0.3) is 0 Å². The number of pyridine rings is 1. The molecule has 1 aliphatic rings. The fourth-order valence-corrected chi connectivity index (χ4v) is 5.43. The van der Waals surface area contributed by atoms with Crippen molar-refractivity contribution in [1.29, 1.82) is 0 Å². The standard InChI is InChI=1S/C23H23ClN2O5S/c1-30-19-8-7-17-13-18(22(24)25-21(17)14-19)15-31-23(27)16-9-11-26(12-10-16)32(28,29)20-5-3-2-4-6-20/h2-8,13-14,16H,9-12,15H2,1H3. The lowest BCUT2D eigenvalue weighted by Gasteiger charge is -2.30. The Labute approximate surface area is 192 Å². The third kappa shape index (κ3) is 4.72. The first kappa shape index (κ1) is 22.5. The molecule has 0 saturated carbocycles. The van der Waals surface area contributed by atoms with Gasteiger partial charge in [0, 0.05) is 30.1 Å². The van der Waals surface area contributed by atoms with Crippen LogP contribution in [0, 0.1) is 5.92 Å². The van der Waals surface area contributed by atoms with Gasteiger partial charge in [-0.1, -0.05) is 29.8 Å². The number of halogens is 1. The molecule has 32 heavy (non-hydrogen) atoms. The number of aromatic nitrogens is 1. The molecule has 1 fully saturated rings. The molecule has 1 aromatic heterocycles. The predicted molar refractivity (Wildman–Crippen MR) is 121 cm³/mol. The minimum Gasteiger partial charge on any atom is -0.497 e. The van der Waals surface area contributed by atoms with Crippen molar-refractivity contribution in [1.82, 2.24) is 9.29 Å². The highest BCUT2D eigenvalue weighted by Gasteiger charge is 2.32. The molecule has 0 N–H and O–H groups in total. The van der Waals surface area contributed by atoms with Crippen molar-refractivity contribution in [2.45, 2.75) is 24.3 Å². The fraction of sp³-hybridized carbons (Fsp3) is 0.304. The first-order valence-corrected chi connectivity index (χ1v) is 12.1. The van der Waals surface area contributed by atoms with Gasteiger partial charge in [-0.05, 0) is 43.2 Å². The second-order valence-electron chi connectivity index (χ2n) is 7.60. The number of piperidine rings is 1. The highest BCUT2D eigenvalue weighted by Crippen LogP contribution is 2.27. The van der Waals surface area contributed by atoms with E-state index < -0.39 is 10.0 Å². The summed E-state index contributed by atoms with van der Waals surface area (Å²) in [5.41, 5.74) is 1.30. The maximum absolute atomic E-state index is 12.7. The van der Waals surface area contributed by atoms with Gasteiger partial charge >= 0.3 is 5.97 Å². The maximum atomic E-state index is 12.7. The topological polar surface area (TPSA) is 85.8 Å². The number of benzene rings is 2. The molecule has 0 aliphatic carbocycles. The van der Waals surface area contributed by atoms with Crippen molar-refractivity contribution in [3.8, 4) is 5.75 Å². The number of fused-ring (bicyclic) bond motifs is 1. The highest BCUT2D eigenvalue weighted by atomic mass is 35.5. The van der Waals surface area contributed by atoms with Crippen LogP contribution in [0.15, 0.2) is 59.5 Å². The Kier molecular flexibility index (Phi) is 6.64. The maximum Gasteiger partial charge on any atom is 0.309 e. The van der Waals surface area contributed by atoms with Gasteiger partial charge in [-0.25, -0.2) is 13.4 Å². The van der Waals surface area contributed by atoms with Crippen molar-refractivity contribution < 1.29 is 22.7 Å². The molecule has 7 nitrogen and oxygen atoms in total. The SMILES string of the molecule is COc1ccc2cc(COC(=O)C3CCN(S(=O)(=O)c4ccccc4)CC3)c(Cl)nc2c1. The van der Waals surface area contributed by atoms with Crippen LogP contribution >= 0.6 is 11.6 Å². The van der Waals surface area contributed by atoms with Gasteiger partial charge in [0.15, 0.2) is 0 Å². The van der Waals surface area contributed by atoms with Crippen LogP contribution in [0.5, 0.6) is 5.75 Å². The van der Waals surface area contributed by atoms with Gasteiger partial charge < -0.3 is 9.47 Å². The van der Waals surface area contributed by atoms with E-state index in [1.54, 1.807) is 43.5 Å². The lowest BCUT2D eigenvalue weighted by Crippen LogP contribution is -2.40. The average molecular weight is 475 g/mol. The fourth-order valence-electron chi connectivity index (χ4n) is 3.74. The van der Waals surface area contributed by atoms with Gasteiger partial charge in [0.05, 0.1) is 23.4 Å². The molecule has 0 radical (unpaired) electrons. The van der Waals surface area contributed by atoms with Crippen LogP contribution in [0.1, 0.15) is 18.4 Å². The van der Waals surface area contributed by atoms with Crippen LogP contribution in [0.25, 0.3) is 10.9 Å². The molecule has 0 atom stereocenters. The molecular formula is C23H23ClN2O5S. The normalized spacial score (nSPS) is 15.6. The van der Waals surface area contributed by atoms with E-state index in [0.717, 1.165) is 5.39 Å². The van der Waals surface area contributed by atoms with Gasteiger partial charge in [-0.3, -0.25) is 4.79 Å². The third-order valence-corrected chi connectivity index (χ3v) is 7.83. The summed E-state index contributed by atoms with van der Waals surface area (Å²) >= 11 is 6.28.